The van der Waals surface area contributed by atoms with Crippen molar-refractivity contribution in [3.63, 3.8) is 0 Å². The molecule has 94 valence electrons. The van der Waals surface area contributed by atoms with Gasteiger partial charge in [0.2, 0.25) is 0 Å². The number of rotatable bonds is 3. The predicted octanol–water partition coefficient (Wildman–Crippen LogP) is 4.42. The monoisotopic (exact) mass is 388 g/mol. The molecule has 3 N–H and O–H groups in total. The maximum Gasteiger partial charge on any atom is 0.0710 e. The summed E-state index contributed by atoms with van der Waals surface area (Å²) in [6.07, 6.45) is 0. The van der Waals surface area contributed by atoms with Crippen LogP contribution in [-0.4, -0.2) is 0 Å². The second-order valence-corrected chi connectivity index (χ2v) is 6.12. The van der Waals surface area contributed by atoms with Gasteiger partial charge in [-0.05, 0) is 41.5 Å². The molecule has 2 aromatic rings. The molecule has 2 nitrogen and oxygen atoms in total. The fourth-order valence-electron chi connectivity index (χ4n) is 1.78. The highest BCUT2D eigenvalue weighted by molar-refractivity contribution is 9.11. The average molecular weight is 391 g/mol. The number of halogens is 3. The first-order valence-corrected chi connectivity index (χ1v) is 7.24. The first-order chi connectivity index (χ1) is 8.60. The Labute approximate surface area is 128 Å². The molecule has 0 saturated heterocycles. The van der Waals surface area contributed by atoms with Crippen molar-refractivity contribution in [1.82, 2.24) is 5.43 Å². The third kappa shape index (κ3) is 3.33. The Balaban J connectivity index is 2.41. The molecule has 0 aliphatic carbocycles. The van der Waals surface area contributed by atoms with Crippen molar-refractivity contribution in [2.45, 2.75) is 6.04 Å². The largest absolute Gasteiger partial charge is 0.271 e. The lowest BCUT2D eigenvalue weighted by atomic mass is 9.99. The Morgan fingerprint density at radius 3 is 2.00 bits per heavy atom. The number of hydrazine groups is 1. The molecule has 0 radical (unpaired) electrons. The molecule has 1 atom stereocenters. The SMILES string of the molecule is NNC(c1ccc(Cl)cc1)c1cc(Br)cc(Br)c1. The van der Waals surface area contributed by atoms with E-state index in [1.807, 2.05) is 42.5 Å². The highest BCUT2D eigenvalue weighted by Gasteiger charge is 2.13. The normalized spacial score (nSPS) is 12.4. The van der Waals surface area contributed by atoms with Crippen LogP contribution < -0.4 is 11.3 Å². The van der Waals surface area contributed by atoms with Crippen LogP contribution in [0.4, 0.5) is 0 Å². The molecular formula is C13H11Br2ClN2. The third-order valence-corrected chi connectivity index (χ3v) is 3.76. The average Bonchev–Trinajstić information content (AvgIpc) is 2.31. The van der Waals surface area contributed by atoms with Crippen molar-refractivity contribution in [3.8, 4) is 0 Å². The molecule has 0 heterocycles. The third-order valence-electron chi connectivity index (χ3n) is 2.59. The standard InChI is InChI=1S/C13H11Br2ClN2/c14-10-5-9(6-11(15)7-10)13(18-17)8-1-3-12(16)4-2-8/h1-7,13,18H,17H2. The van der Waals surface area contributed by atoms with Crippen molar-refractivity contribution in [2.75, 3.05) is 0 Å². The lowest BCUT2D eigenvalue weighted by Gasteiger charge is -2.17. The zero-order valence-electron chi connectivity index (χ0n) is 9.33. The minimum Gasteiger partial charge on any atom is -0.271 e. The van der Waals surface area contributed by atoms with E-state index in [-0.39, 0.29) is 6.04 Å². The molecule has 0 fully saturated rings. The molecule has 0 bridgehead atoms. The number of nitrogens with one attached hydrogen (secondary N) is 1. The molecule has 1 unspecified atom stereocenters. The van der Waals surface area contributed by atoms with Crippen LogP contribution in [0.25, 0.3) is 0 Å². The van der Waals surface area contributed by atoms with Gasteiger partial charge in [0.1, 0.15) is 0 Å². The smallest absolute Gasteiger partial charge is 0.0710 e. The van der Waals surface area contributed by atoms with Gasteiger partial charge in [-0.3, -0.25) is 5.84 Å². The van der Waals surface area contributed by atoms with Crippen LogP contribution in [0.2, 0.25) is 5.02 Å². The summed E-state index contributed by atoms with van der Waals surface area (Å²) in [6, 6.07) is 13.6. The van der Waals surface area contributed by atoms with Gasteiger partial charge in [-0.2, -0.15) is 0 Å². The Hall–Kier alpha value is -0.390. The molecule has 0 aromatic heterocycles. The molecule has 18 heavy (non-hydrogen) atoms. The molecule has 0 amide bonds. The van der Waals surface area contributed by atoms with E-state index in [0.29, 0.717) is 5.02 Å². The number of hydrogen-bond donors (Lipinski definition) is 2. The Kier molecular flexibility index (Phi) is 4.81. The number of nitrogens with two attached hydrogens (primary N) is 1. The highest BCUT2D eigenvalue weighted by atomic mass is 79.9. The number of hydrogen-bond acceptors (Lipinski definition) is 2. The second kappa shape index (κ2) is 6.17. The van der Waals surface area contributed by atoms with Crippen molar-refractivity contribution in [1.29, 1.82) is 0 Å². The van der Waals surface area contributed by atoms with Gasteiger partial charge in [-0.25, -0.2) is 5.43 Å². The van der Waals surface area contributed by atoms with Crippen molar-refractivity contribution < 1.29 is 0 Å². The summed E-state index contributed by atoms with van der Waals surface area (Å²) < 4.78 is 2.00. The second-order valence-electron chi connectivity index (χ2n) is 3.85. The van der Waals surface area contributed by atoms with Gasteiger partial charge in [0.05, 0.1) is 6.04 Å². The first-order valence-electron chi connectivity index (χ1n) is 5.28. The zero-order chi connectivity index (χ0) is 13.1. The van der Waals surface area contributed by atoms with Gasteiger partial charge >= 0.3 is 0 Å². The van der Waals surface area contributed by atoms with Gasteiger partial charge < -0.3 is 0 Å². The summed E-state index contributed by atoms with van der Waals surface area (Å²) in [7, 11) is 0. The van der Waals surface area contributed by atoms with Gasteiger partial charge in [0.25, 0.3) is 0 Å². The quantitative estimate of drug-likeness (QED) is 0.602. The van der Waals surface area contributed by atoms with Crippen molar-refractivity contribution >= 4 is 43.5 Å². The van der Waals surface area contributed by atoms with E-state index < -0.39 is 0 Å². The molecule has 2 rings (SSSR count). The van der Waals surface area contributed by atoms with E-state index in [1.165, 1.54) is 0 Å². The molecular weight excluding hydrogens is 379 g/mol. The van der Waals surface area contributed by atoms with Crippen LogP contribution in [0.1, 0.15) is 17.2 Å². The van der Waals surface area contributed by atoms with E-state index in [0.717, 1.165) is 20.1 Å². The van der Waals surface area contributed by atoms with Crippen LogP contribution in [-0.2, 0) is 0 Å². The van der Waals surface area contributed by atoms with Crippen molar-refractivity contribution in [3.05, 3.63) is 67.6 Å². The van der Waals surface area contributed by atoms with Crippen LogP contribution >= 0.6 is 43.5 Å². The van der Waals surface area contributed by atoms with Gasteiger partial charge in [0.15, 0.2) is 0 Å². The van der Waals surface area contributed by atoms with Crippen LogP contribution in [0.5, 0.6) is 0 Å². The first kappa shape index (κ1) is 14.0. The molecule has 0 aliphatic heterocycles. The van der Waals surface area contributed by atoms with Crippen LogP contribution in [0.15, 0.2) is 51.4 Å². The highest BCUT2D eigenvalue weighted by Crippen LogP contribution is 2.28. The minimum atomic E-state index is -0.0731. The van der Waals surface area contributed by atoms with Crippen LogP contribution in [0.3, 0.4) is 0 Å². The van der Waals surface area contributed by atoms with Crippen molar-refractivity contribution in [2.24, 2.45) is 5.84 Å². The summed E-state index contributed by atoms with van der Waals surface area (Å²) in [5, 5.41) is 0.713. The van der Waals surface area contributed by atoms with E-state index in [2.05, 4.69) is 37.3 Å². The van der Waals surface area contributed by atoms with Gasteiger partial charge in [-0.1, -0.05) is 55.6 Å². The molecule has 0 spiro atoms. The van der Waals surface area contributed by atoms with Gasteiger partial charge in [-0.15, -0.1) is 0 Å². The topological polar surface area (TPSA) is 38.0 Å². The lowest BCUT2D eigenvalue weighted by Crippen LogP contribution is -2.28. The summed E-state index contributed by atoms with van der Waals surface area (Å²) in [5.41, 5.74) is 4.96. The minimum absolute atomic E-state index is 0.0731. The summed E-state index contributed by atoms with van der Waals surface area (Å²) in [4.78, 5) is 0. The maximum absolute atomic E-state index is 5.89. The fourth-order valence-corrected chi connectivity index (χ4v) is 3.24. The number of benzene rings is 2. The van der Waals surface area contributed by atoms with E-state index in [1.54, 1.807) is 0 Å². The Bertz CT molecular complexity index is 523. The van der Waals surface area contributed by atoms with E-state index in [9.17, 15) is 0 Å². The summed E-state index contributed by atoms with van der Waals surface area (Å²) >= 11 is 12.8. The molecule has 5 heteroatoms. The zero-order valence-corrected chi connectivity index (χ0v) is 13.3. The molecule has 0 aliphatic rings. The van der Waals surface area contributed by atoms with E-state index >= 15 is 0 Å². The maximum atomic E-state index is 5.89. The molecule has 0 saturated carbocycles. The van der Waals surface area contributed by atoms with Crippen LogP contribution in [0, 0.1) is 0 Å². The Morgan fingerprint density at radius 1 is 0.944 bits per heavy atom. The van der Waals surface area contributed by atoms with Gasteiger partial charge in [0, 0.05) is 14.0 Å². The summed E-state index contributed by atoms with van der Waals surface area (Å²) in [6.45, 7) is 0. The van der Waals surface area contributed by atoms with E-state index in [4.69, 9.17) is 17.4 Å². The lowest BCUT2D eigenvalue weighted by molar-refractivity contribution is 0.636. The fraction of sp³-hybridized carbons (Fsp3) is 0.0769. The Morgan fingerprint density at radius 2 is 1.50 bits per heavy atom. The molecule has 2 aromatic carbocycles. The summed E-state index contributed by atoms with van der Waals surface area (Å²) in [5.74, 6) is 5.66. The predicted molar refractivity (Wildman–Crippen MR) is 82.5 cm³/mol.